The minimum atomic E-state index is -0.0504. The summed E-state index contributed by atoms with van der Waals surface area (Å²) in [5, 5.41) is 7.39. The number of anilines is 1. The van der Waals surface area contributed by atoms with Gasteiger partial charge in [0.25, 0.3) is 0 Å². The molecule has 4 nitrogen and oxygen atoms in total. The van der Waals surface area contributed by atoms with Crippen LogP contribution in [0, 0.1) is 13.8 Å². The van der Waals surface area contributed by atoms with Crippen molar-refractivity contribution in [1.29, 1.82) is 0 Å². The topological polar surface area (TPSA) is 54.0 Å². The number of nitrogens with one attached hydrogen (secondary N) is 2. The Morgan fingerprint density at radius 3 is 2.48 bits per heavy atom. The van der Waals surface area contributed by atoms with Crippen LogP contribution in [0.15, 0.2) is 24.3 Å². The molecule has 0 aliphatic heterocycles. The van der Waals surface area contributed by atoms with Crippen LogP contribution in [0.5, 0.6) is 0 Å². The highest BCUT2D eigenvalue weighted by atomic mass is 32.1. The number of rotatable bonds is 5. The minimum Gasteiger partial charge on any atom is -0.326 e. The normalized spacial score (nSPS) is 12.2. The molecular formula is C16H21N3OS. The number of carbonyl (C=O) groups excluding carboxylic acids is 1. The molecule has 5 heteroatoms. The molecule has 1 aromatic carbocycles. The first kappa shape index (κ1) is 15.7. The zero-order chi connectivity index (χ0) is 15.4. The van der Waals surface area contributed by atoms with Crippen molar-refractivity contribution in [1.82, 2.24) is 10.3 Å². The largest absolute Gasteiger partial charge is 0.326 e. The Balaban J connectivity index is 1.93. The molecule has 1 amide bonds. The molecule has 1 aromatic heterocycles. The average Bonchev–Trinajstić information content (AvgIpc) is 2.76. The quantitative estimate of drug-likeness (QED) is 0.888. The fourth-order valence-corrected chi connectivity index (χ4v) is 3.18. The van der Waals surface area contributed by atoms with Crippen molar-refractivity contribution in [3.63, 3.8) is 0 Å². The van der Waals surface area contributed by atoms with Crippen molar-refractivity contribution < 1.29 is 4.79 Å². The molecule has 0 aliphatic carbocycles. The number of hydrogen-bond donors (Lipinski definition) is 2. The maximum atomic E-state index is 11.0. The number of aryl methyl sites for hydroxylation is 2. The van der Waals surface area contributed by atoms with Crippen molar-refractivity contribution in [3.8, 4) is 0 Å². The lowest BCUT2D eigenvalue weighted by Crippen LogP contribution is -2.18. The van der Waals surface area contributed by atoms with Crippen molar-refractivity contribution in [3.05, 3.63) is 45.4 Å². The van der Waals surface area contributed by atoms with Crippen molar-refractivity contribution in [2.24, 2.45) is 0 Å². The molecule has 0 aliphatic rings. The van der Waals surface area contributed by atoms with E-state index in [1.54, 1.807) is 11.3 Å². The first-order valence-electron chi connectivity index (χ1n) is 6.99. The van der Waals surface area contributed by atoms with Crippen LogP contribution < -0.4 is 10.6 Å². The summed E-state index contributed by atoms with van der Waals surface area (Å²) in [5.41, 5.74) is 3.13. The molecule has 0 fully saturated rings. The van der Waals surface area contributed by atoms with Gasteiger partial charge in [0.1, 0.15) is 0 Å². The first-order chi connectivity index (χ1) is 9.95. The lowest BCUT2D eigenvalue weighted by Gasteiger charge is -2.13. The number of aromatic nitrogens is 1. The van der Waals surface area contributed by atoms with Gasteiger partial charge in [-0.1, -0.05) is 12.1 Å². The van der Waals surface area contributed by atoms with Crippen molar-refractivity contribution in [2.75, 3.05) is 5.32 Å². The summed E-state index contributed by atoms with van der Waals surface area (Å²) in [6.07, 6.45) is 0. The van der Waals surface area contributed by atoms with E-state index < -0.39 is 0 Å². The summed E-state index contributed by atoms with van der Waals surface area (Å²) in [6.45, 7) is 8.55. The summed E-state index contributed by atoms with van der Waals surface area (Å²) in [6, 6.07) is 8.17. The van der Waals surface area contributed by atoms with E-state index in [9.17, 15) is 4.79 Å². The Bertz CT molecular complexity index is 619. The van der Waals surface area contributed by atoms with Crippen LogP contribution in [0.2, 0.25) is 0 Å². The molecule has 0 radical (unpaired) electrons. The molecule has 1 heterocycles. The zero-order valence-electron chi connectivity index (χ0n) is 12.9. The second-order valence-corrected chi connectivity index (χ2v) is 6.40. The fraction of sp³-hybridized carbons (Fsp3) is 0.375. The molecule has 0 saturated carbocycles. The predicted molar refractivity (Wildman–Crippen MR) is 87.6 cm³/mol. The monoisotopic (exact) mass is 303 g/mol. The zero-order valence-corrected chi connectivity index (χ0v) is 13.7. The van der Waals surface area contributed by atoms with Crippen LogP contribution in [-0.4, -0.2) is 10.9 Å². The molecule has 21 heavy (non-hydrogen) atoms. The van der Waals surface area contributed by atoms with Gasteiger partial charge in [-0.25, -0.2) is 4.98 Å². The molecule has 0 bridgehead atoms. The van der Waals surface area contributed by atoms with Gasteiger partial charge >= 0.3 is 0 Å². The molecule has 2 N–H and O–H groups in total. The summed E-state index contributed by atoms with van der Waals surface area (Å²) < 4.78 is 0. The molecular weight excluding hydrogens is 282 g/mol. The molecule has 1 atom stereocenters. The number of nitrogens with zero attached hydrogens (tertiary/aromatic N) is 1. The van der Waals surface area contributed by atoms with Gasteiger partial charge in [0.2, 0.25) is 5.91 Å². The van der Waals surface area contributed by atoms with Gasteiger partial charge in [0.05, 0.1) is 10.7 Å². The maximum Gasteiger partial charge on any atom is 0.221 e. The molecule has 0 saturated heterocycles. The molecule has 1 unspecified atom stereocenters. The highest BCUT2D eigenvalue weighted by Crippen LogP contribution is 2.24. The van der Waals surface area contributed by atoms with Gasteiger partial charge < -0.3 is 10.6 Å². The van der Waals surface area contributed by atoms with E-state index in [-0.39, 0.29) is 11.9 Å². The van der Waals surface area contributed by atoms with Crippen molar-refractivity contribution in [2.45, 2.75) is 40.3 Å². The van der Waals surface area contributed by atoms with E-state index in [0.717, 1.165) is 22.9 Å². The van der Waals surface area contributed by atoms with Crippen LogP contribution in [-0.2, 0) is 11.3 Å². The number of carbonyl (C=O) groups is 1. The Kier molecular flexibility index (Phi) is 5.09. The Morgan fingerprint density at radius 2 is 1.95 bits per heavy atom. The number of benzene rings is 1. The Labute approximate surface area is 129 Å². The van der Waals surface area contributed by atoms with Gasteiger partial charge in [0, 0.05) is 30.1 Å². The Hall–Kier alpha value is -1.72. The summed E-state index contributed by atoms with van der Waals surface area (Å²) in [7, 11) is 0. The van der Waals surface area contributed by atoms with Crippen LogP contribution in [0.1, 0.15) is 41.0 Å². The van der Waals surface area contributed by atoms with Crippen LogP contribution in [0.3, 0.4) is 0 Å². The van der Waals surface area contributed by atoms with Gasteiger partial charge in [-0.3, -0.25) is 4.79 Å². The molecule has 2 rings (SSSR count). The lowest BCUT2D eigenvalue weighted by molar-refractivity contribution is -0.114. The van der Waals surface area contributed by atoms with Gasteiger partial charge in [-0.2, -0.15) is 0 Å². The first-order valence-corrected chi connectivity index (χ1v) is 7.81. The van der Waals surface area contributed by atoms with Crippen LogP contribution in [0.25, 0.3) is 0 Å². The number of hydrogen-bond acceptors (Lipinski definition) is 4. The Morgan fingerprint density at radius 1 is 1.29 bits per heavy atom. The van der Waals surface area contributed by atoms with Crippen LogP contribution in [0.4, 0.5) is 5.69 Å². The summed E-state index contributed by atoms with van der Waals surface area (Å²) >= 11 is 1.75. The van der Waals surface area contributed by atoms with E-state index >= 15 is 0 Å². The van der Waals surface area contributed by atoms with Gasteiger partial charge in [-0.15, -0.1) is 11.3 Å². The smallest absolute Gasteiger partial charge is 0.221 e. The van der Waals surface area contributed by atoms with Gasteiger partial charge in [-0.05, 0) is 38.5 Å². The minimum absolute atomic E-state index is 0.0504. The fourth-order valence-electron chi connectivity index (χ4n) is 2.22. The van der Waals surface area contributed by atoms with E-state index in [1.807, 2.05) is 31.2 Å². The van der Waals surface area contributed by atoms with Gasteiger partial charge in [0.15, 0.2) is 0 Å². The predicted octanol–water partition coefficient (Wildman–Crippen LogP) is 3.57. The van der Waals surface area contributed by atoms with Crippen molar-refractivity contribution >= 4 is 22.9 Å². The SMILES string of the molecule is CC(=O)Nc1ccc(CNC(C)c2sc(C)nc2C)cc1. The third kappa shape index (κ3) is 4.37. The third-order valence-electron chi connectivity index (χ3n) is 3.22. The molecule has 112 valence electrons. The number of amides is 1. The second kappa shape index (κ2) is 6.83. The molecule has 2 aromatic rings. The highest BCUT2D eigenvalue weighted by Gasteiger charge is 2.12. The maximum absolute atomic E-state index is 11.0. The van der Waals surface area contributed by atoms with E-state index in [4.69, 9.17) is 0 Å². The summed E-state index contributed by atoms with van der Waals surface area (Å²) in [4.78, 5) is 16.7. The van der Waals surface area contributed by atoms with E-state index in [0.29, 0.717) is 0 Å². The highest BCUT2D eigenvalue weighted by molar-refractivity contribution is 7.11. The van der Waals surface area contributed by atoms with Crippen LogP contribution >= 0.6 is 11.3 Å². The average molecular weight is 303 g/mol. The molecule has 0 spiro atoms. The summed E-state index contributed by atoms with van der Waals surface area (Å²) in [5.74, 6) is -0.0504. The lowest BCUT2D eigenvalue weighted by atomic mass is 10.2. The number of thiazole rings is 1. The standard InChI is InChI=1S/C16H21N3OS/c1-10(16-11(2)18-13(4)21-16)17-9-14-5-7-15(8-6-14)19-12(3)20/h5-8,10,17H,9H2,1-4H3,(H,19,20). The van der Waals surface area contributed by atoms with E-state index in [2.05, 4.69) is 29.5 Å². The second-order valence-electron chi connectivity index (χ2n) is 5.16. The van der Waals surface area contributed by atoms with E-state index in [1.165, 1.54) is 17.4 Å². The third-order valence-corrected chi connectivity index (χ3v) is 4.47.